The predicted octanol–water partition coefficient (Wildman–Crippen LogP) is 4.10. The molecule has 1 aromatic carbocycles. The van der Waals surface area contributed by atoms with Crippen LogP contribution in [0, 0.1) is 13.8 Å². The number of thiophene rings is 1. The summed E-state index contributed by atoms with van der Waals surface area (Å²) < 4.78 is 51.2. The van der Waals surface area contributed by atoms with Crippen molar-refractivity contribution in [2.45, 2.75) is 25.2 Å². The van der Waals surface area contributed by atoms with Gasteiger partial charge >= 0.3 is 0 Å². The van der Waals surface area contributed by atoms with E-state index in [9.17, 15) is 17.2 Å². The number of aryl methyl sites for hydroxylation is 2. The number of rotatable bonds is 5. The molecule has 0 aliphatic rings. The molecule has 1 N–H and O–H groups in total. The number of aromatic nitrogens is 2. The number of alkyl halides is 2. The zero-order valence-electron chi connectivity index (χ0n) is 13.4. The predicted molar refractivity (Wildman–Crippen MR) is 93.0 cm³/mol. The largest absolute Gasteiger partial charge is 0.282 e. The van der Waals surface area contributed by atoms with E-state index in [-0.39, 0.29) is 10.6 Å². The highest BCUT2D eigenvalue weighted by Crippen LogP contribution is 2.33. The second-order valence-electron chi connectivity index (χ2n) is 5.42. The van der Waals surface area contributed by atoms with Gasteiger partial charge in [-0.1, -0.05) is 18.2 Å². The molecule has 0 radical (unpaired) electrons. The molecule has 0 bridgehead atoms. The van der Waals surface area contributed by atoms with Crippen molar-refractivity contribution < 1.29 is 17.2 Å². The maximum Gasteiger partial charge on any atom is 0.282 e. The molecule has 0 atom stereocenters. The van der Waals surface area contributed by atoms with Crippen molar-refractivity contribution in [3.05, 3.63) is 57.9 Å². The fraction of sp³-hybridized carbons (Fsp3) is 0.188. The minimum Gasteiger partial charge on any atom is -0.203 e. The van der Waals surface area contributed by atoms with E-state index in [1.54, 1.807) is 18.2 Å². The smallest absolute Gasteiger partial charge is 0.203 e. The third kappa shape index (κ3) is 3.42. The van der Waals surface area contributed by atoms with Crippen molar-refractivity contribution in [3.8, 4) is 11.3 Å². The highest BCUT2D eigenvalue weighted by atomic mass is 32.2. The molecule has 0 fully saturated rings. The van der Waals surface area contributed by atoms with Crippen LogP contribution in [0.2, 0.25) is 0 Å². The minimum absolute atomic E-state index is 0.0220. The molecular formula is C16H15F2N3O2S2. The Morgan fingerprint density at radius 1 is 1.20 bits per heavy atom. The Labute approximate surface area is 147 Å². The summed E-state index contributed by atoms with van der Waals surface area (Å²) >= 11 is 1.46. The van der Waals surface area contributed by atoms with E-state index < -0.39 is 22.1 Å². The van der Waals surface area contributed by atoms with Crippen LogP contribution in [0.15, 0.2) is 46.7 Å². The molecule has 2 aromatic heterocycles. The van der Waals surface area contributed by atoms with Gasteiger partial charge in [-0.3, -0.25) is 0 Å². The van der Waals surface area contributed by atoms with Gasteiger partial charge in [-0.25, -0.2) is 8.78 Å². The Hall–Kier alpha value is -2.26. The highest BCUT2D eigenvalue weighted by molar-refractivity contribution is 7.92. The summed E-state index contributed by atoms with van der Waals surface area (Å²) in [5, 5.41) is 5.62. The molecule has 2 heterocycles. The van der Waals surface area contributed by atoms with Crippen molar-refractivity contribution in [1.29, 1.82) is 0 Å². The van der Waals surface area contributed by atoms with Gasteiger partial charge in [-0.05, 0) is 43.0 Å². The summed E-state index contributed by atoms with van der Waals surface area (Å²) in [5.74, 6) is 0. The first kappa shape index (κ1) is 17.6. The zero-order valence-corrected chi connectivity index (χ0v) is 15.0. The molecule has 3 aromatic rings. The Morgan fingerprint density at radius 3 is 2.44 bits per heavy atom. The number of nitrogens with one attached hydrogen (secondary N) is 1. The molecule has 9 heteroatoms. The van der Waals surface area contributed by atoms with E-state index in [1.165, 1.54) is 29.5 Å². The van der Waals surface area contributed by atoms with E-state index >= 15 is 0 Å². The average molecular weight is 383 g/mol. The monoisotopic (exact) mass is 383 g/mol. The molecule has 0 saturated heterocycles. The van der Waals surface area contributed by atoms with Gasteiger partial charge in [0.05, 0.1) is 10.6 Å². The zero-order chi connectivity index (χ0) is 18.2. The molecule has 0 aliphatic carbocycles. The number of halogens is 2. The van der Waals surface area contributed by atoms with Crippen LogP contribution >= 0.6 is 11.3 Å². The molecule has 0 unspecified atom stereocenters. The summed E-state index contributed by atoms with van der Waals surface area (Å²) in [5.41, 5.74) is 1.35. The maximum atomic E-state index is 13.1. The van der Waals surface area contributed by atoms with Crippen molar-refractivity contribution >= 4 is 21.4 Å². The van der Waals surface area contributed by atoms with E-state index in [4.69, 9.17) is 0 Å². The van der Waals surface area contributed by atoms with Crippen LogP contribution in [0.4, 0.5) is 8.78 Å². The van der Waals surface area contributed by atoms with Gasteiger partial charge in [-0.15, -0.1) is 11.3 Å². The number of hydrogen-bond donors (Lipinski definition) is 1. The van der Waals surface area contributed by atoms with Crippen molar-refractivity contribution in [1.82, 2.24) is 9.89 Å². The van der Waals surface area contributed by atoms with Gasteiger partial charge in [0, 0.05) is 10.4 Å². The summed E-state index contributed by atoms with van der Waals surface area (Å²) in [4.78, 5) is 4.09. The Bertz CT molecular complexity index is 976. The number of hydrogen-bond acceptors (Lipinski definition) is 4. The van der Waals surface area contributed by atoms with Gasteiger partial charge in [0.2, 0.25) is 0 Å². The summed E-state index contributed by atoms with van der Waals surface area (Å²) in [6.45, 7) is 3.68. The van der Waals surface area contributed by atoms with E-state index in [1.807, 2.05) is 19.2 Å². The van der Waals surface area contributed by atoms with Gasteiger partial charge in [0.15, 0.2) is 0 Å². The third-order valence-corrected chi connectivity index (χ3v) is 5.96. The van der Waals surface area contributed by atoms with Crippen molar-refractivity contribution in [3.63, 3.8) is 0 Å². The van der Waals surface area contributed by atoms with E-state index in [0.717, 1.165) is 15.2 Å². The van der Waals surface area contributed by atoms with Crippen LogP contribution in [-0.4, -0.2) is 18.3 Å². The van der Waals surface area contributed by atoms with Crippen molar-refractivity contribution in [2.24, 2.45) is 0 Å². The lowest BCUT2D eigenvalue weighted by atomic mass is 10.1. The van der Waals surface area contributed by atoms with Crippen LogP contribution < -0.4 is 4.83 Å². The lowest BCUT2D eigenvalue weighted by Gasteiger charge is -2.11. The van der Waals surface area contributed by atoms with Gasteiger partial charge < -0.3 is 0 Å². The fourth-order valence-electron chi connectivity index (χ4n) is 2.47. The van der Waals surface area contributed by atoms with Crippen LogP contribution in [0.3, 0.4) is 0 Å². The molecule has 0 amide bonds. The quantitative estimate of drug-likeness (QED) is 0.721. The minimum atomic E-state index is -3.96. The fourth-order valence-corrected chi connectivity index (χ4v) is 4.32. The first-order valence-electron chi connectivity index (χ1n) is 7.30. The Kier molecular flexibility index (Phi) is 4.61. The summed E-state index contributed by atoms with van der Waals surface area (Å²) in [7, 11) is -3.96. The molecular weight excluding hydrogens is 368 g/mol. The molecule has 132 valence electrons. The molecule has 3 rings (SSSR count). The van der Waals surface area contributed by atoms with Crippen molar-refractivity contribution in [2.75, 3.05) is 4.83 Å². The lowest BCUT2D eigenvalue weighted by molar-refractivity contribution is 0.145. The Morgan fingerprint density at radius 2 is 1.88 bits per heavy atom. The first-order chi connectivity index (χ1) is 11.8. The second kappa shape index (κ2) is 6.57. The third-order valence-electron chi connectivity index (χ3n) is 3.63. The molecule has 25 heavy (non-hydrogen) atoms. The van der Waals surface area contributed by atoms with Crippen LogP contribution in [0.5, 0.6) is 0 Å². The van der Waals surface area contributed by atoms with Crippen LogP contribution in [-0.2, 0) is 10.0 Å². The Balaban J connectivity index is 2.10. The molecule has 0 saturated carbocycles. The second-order valence-corrected chi connectivity index (χ2v) is 8.17. The topological polar surface area (TPSA) is 64.0 Å². The normalized spacial score (nSPS) is 11.9. The van der Waals surface area contributed by atoms with Gasteiger partial charge in [0.1, 0.15) is 5.69 Å². The number of nitrogens with zero attached hydrogens (tertiary/aromatic N) is 2. The maximum absolute atomic E-state index is 13.1. The van der Waals surface area contributed by atoms with E-state index in [2.05, 4.69) is 9.93 Å². The molecule has 0 spiro atoms. The van der Waals surface area contributed by atoms with Crippen LogP contribution in [0.1, 0.15) is 22.6 Å². The first-order valence-corrected chi connectivity index (χ1v) is 9.67. The summed E-state index contributed by atoms with van der Waals surface area (Å²) in [6.07, 6.45) is -2.81. The molecule has 5 nitrogen and oxygen atoms in total. The summed E-state index contributed by atoms with van der Waals surface area (Å²) in [6, 6.07) is 8.89. The highest BCUT2D eigenvalue weighted by Gasteiger charge is 2.23. The van der Waals surface area contributed by atoms with Crippen LogP contribution in [0.25, 0.3) is 11.3 Å². The van der Waals surface area contributed by atoms with Gasteiger partial charge in [0.25, 0.3) is 16.4 Å². The van der Waals surface area contributed by atoms with Gasteiger partial charge in [-0.2, -0.15) is 23.1 Å². The number of benzene rings is 1. The van der Waals surface area contributed by atoms with E-state index in [0.29, 0.717) is 5.56 Å². The molecule has 0 aliphatic heterocycles. The standard InChI is InChI=1S/C16H15F2N3O2S2/c1-10-9-24-11(2)15(10)14-8-13(16(17)18)19-21(14)20-25(22,23)12-6-4-3-5-7-12/h3-9,16,20H,1-2H3. The SMILES string of the molecule is Cc1csc(C)c1-c1cc(C(F)F)nn1NS(=O)(=O)c1ccccc1. The average Bonchev–Trinajstić information content (AvgIpc) is 3.11. The lowest BCUT2D eigenvalue weighted by Crippen LogP contribution is -2.25. The number of sulfonamides is 1.